The Kier molecular flexibility index (Phi) is 7.88. The van der Waals surface area contributed by atoms with Crippen LogP contribution in [0.5, 0.6) is 11.5 Å². The first kappa shape index (κ1) is 19.7. The van der Waals surface area contributed by atoms with E-state index >= 15 is 0 Å². The van der Waals surface area contributed by atoms with Crippen LogP contribution >= 0.6 is 11.3 Å². The second-order valence-electron chi connectivity index (χ2n) is 5.20. The van der Waals surface area contributed by atoms with Crippen LogP contribution < -0.4 is 14.9 Å². The molecule has 0 aliphatic carbocycles. The van der Waals surface area contributed by atoms with E-state index in [0.717, 1.165) is 10.7 Å². The molecule has 0 saturated heterocycles. The topological polar surface area (TPSA) is 76.0 Å². The number of benzene rings is 1. The lowest BCUT2D eigenvalue weighted by atomic mass is 10.2. The van der Waals surface area contributed by atoms with Crippen LogP contribution in [0.25, 0.3) is 0 Å². The monoisotopic (exact) mass is 376 g/mol. The summed E-state index contributed by atoms with van der Waals surface area (Å²) < 4.78 is 11.3. The number of ether oxygens (including phenoxy) is 2. The van der Waals surface area contributed by atoms with Gasteiger partial charge in [0.1, 0.15) is 0 Å². The van der Waals surface area contributed by atoms with Gasteiger partial charge in [-0.25, -0.2) is 4.98 Å². The Hall–Kier alpha value is -2.61. The van der Waals surface area contributed by atoms with Gasteiger partial charge in [0.15, 0.2) is 18.1 Å². The summed E-state index contributed by atoms with van der Waals surface area (Å²) in [6.45, 7) is 7.60. The normalized spacial score (nSPS) is 10.7. The molecule has 1 aromatic carbocycles. The van der Waals surface area contributed by atoms with Gasteiger partial charge < -0.3 is 14.4 Å². The van der Waals surface area contributed by atoms with Gasteiger partial charge >= 0.3 is 0 Å². The van der Waals surface area contributed by atoms with Gasteiger partial charge in [-0.1, -0.05) is 0 Å². The number of thiazole rings is 1. The van der Waals surface area contributed by atoms with E-state index in [0.29, 0.717) is 31.2 Å². The number of hydrogen-bond donors (Lipinski definition) is 1. The second kappa shape index (κ2) is 10.4. The van der Waals surface area contributed by atoms with Gasteiger partial charge in [-0.2, -0.15) is 5.10 Å². The number of amides is 1. The van der Waals surface area contributed by atoms with E-state index in [1.807, 2.05) is 38.3 Å². The lowest BCUT2D eigenvalue weighted by molar-refractivity contribution is -0.132. The maximum atomic E-state index is 12.1. The molecule has 1 heterocycles. The Morgan fingerprint density at radius 3 is 2.73 bits per heavy atom. The van der Waals surface area contributed by atoms with E-state index in [9.17, 15) is 4.79 Å². The van der Waals surface area contributed by atoms with Crippen LogP contribution in [0.3, 0.4) is 0 Å². The third-order valence-corrected chi connectivity index (χ3v) is 4.22. The molecule has 1 aromatic heterocycles. The van der Waals surface area contributed by atoms with Crippen molar-refractivity contribution in [3.8, 4) is 11.5 Å². The molecule has 0 aliphatic heterocycles. The molecule has 0 bridgehead atoms. The minimum Gasteiger partial charge on any atom is -0.490 e. The summed E-state index contributed by atoms with van der Waals surface area (Å²) in [6.07, 6.45) is 3.39. The van der Waals surface area contributed by atoms with Crippen molar-refractivity contribution < 1.29 is 14.3 Å². The molecule has 2 aromatic rings. The van der Waals surface area contributed by atoms with Crippen molar-refractivity contribution in [3.63, 3.8) is 0 Å². The Balaban J connectivity index is 2.02. The molecule has 0 aliphatic rings. The summed E-state index contributed by atoms with van der Waals surface area (Å²) in [5.41, 5.74) is 3.71. The standard InChI is InChI=1S/C18H24N4O3S/c1-4-22(5-2)17(23)13-25-15-8-7-14(11-16(15)24-6-3)12-20-21-18-19-9-10-26-18/h7-12H,4-6,13H2,1-3H3,(H,19,21)/b20-12-. The highest BCUT2D eigenvalue weighted by molar-refractivity contribution is 7.13. The molecule has 8 heteroatoms. The van der Waals surface area contributed by atoms with Crippen molar-refractivity contribution in [1.29, 1.82) is 0 Å². The van der Waals surface area contributed by atoms with Crippen molar-refractivity contribution in [2.24, 2.45) is 5.10 Å². The van der Waals surface area contributed by atoms with E-state index < -0.39 is 0 Å². The molecular weight excluding hydrogens is 352 g/mol. The van der Waals surface area contributed by atoms with Gasteiger partial charge in [0.2, 0.25) is 5.13 Å². The van der Waals surface area contributed by atoms with Crippen LogP contribution in [0.1, 0.15) is 26.3 Å². The van der Waals surface area contributed by atoms with Crippen molar-refractivity contribution in [2.45, 2.75) is 20.8 Å². The molecule has 0 unspecified atom stereocenters. The molecule has 0 saturated carbocycles. The fourth-order valence-electron chi connectivity index (χ4n) is 2.24. The maximum absolute atomic E-state index is 12.1. The Bertz CT molecular complexity index is 715. The summed E-state index contributed by atoms with van der Waals surface area (Å²) >= 11 is 1.47. The fourth-order valence-corrected chi connectivity index (χ4v) is 2.72. The van der Waals surface area contributed by atoms with Gasteiger partial charge in [-0.3, -0.25) is 10.2 Å². The van der Waals surface area contributed by atoms with E-state index in [4.69, 9.17) is 9.47 Å². The zero-order chi connectivity index (χ0) is 18.8. The third-order valence-electron chi connectivity index (χ3n) is 3.54. The number of rotatable bonds is 10. The van der Waals surface area contributed by atoms with Crippen molar-refractivity contribution >= 4 is 28.6 Å². The number of likely N-dealkylation sites (N-methyl/N-ethyl adjacent to an activating group) is 1. The van der Waals surface area contributed by atoms with Crippen LogP contribution in [-0.2, 0) is 4.79 Å². The number of carbonyl (C=O) groups excluding carboxylic acids is 1. The van der Waals surface area contributed by atoms with Gasteiger partial charge in [0.05, 0.1) is 12.8 Å². The molecule has 1 amide bonds. The lowest BCUT2D eigenvalue weighted by Gasteiger charge is -2.19. The summed E-state index contributed by atoms with van der Waals surface area (Å²) in [5, 5.41) is 6.75. The second-order valence-corrected chi connectivity index (χ2v) is 6.10. The van der Waals surface area contributed by atoms with E-state index in [1.54, 1.807) is 23.4 Å². The molecule has 26 heavy (non-hydrogen) atoms. The number of anilines is 1. The van der Waals surface area contributed by atoms with Crippen molar-refractivity contribution in [3.05, 3.63) is 35.3 Å². The smallest absolute Gasteiger partial charge is 0.260 e. The number of hydrogen-bond acceptors (Lipinski definition) is 7. The first-order valence-corrected chi connectivity index (χ1v) is 9.41. The number of aromatic nitrogens is 1. The summed E-state index contributed by atoms with van der Waals surface area (Å²) in [6, 6.07) is 5.46. The molecular formula is C18H24N4O3S. The van der Waals surface area contributed by atoms with Gasteiger partial charge in [-0.15, -0.1) is 11.3 Å². The largest absolute Gasteiger partial charge is 0.490 e. The van der Waals surface area contributed by atoms with E-state index in [2.05, 4.69) is 15.5 Å². The van der Waals surface area contributed by atoms with Crippen LogP contribution in [0.15, 0.2) is 34.9 Å². The highest BCUT2D eigenvalue weighted by Gasteiger charge is 2.12. The van der Waals surface area contributed by atoms with Crippen LogP contribution in [0.2, 0.25) is 0 Å². The van der Waals surface area contributed by atoms with Gasteiger partial charge in [0.25, 0.3) is 5.91 Å². The van der Waals surface area contributed by atoms with E-state index in [-0.39, 0.29) is 12.5 Å². The minimum absolute atomic E-state index is 0.0131. The Morgan fingerprint density at radius 2 is 2.08 bits per heavy atom. The fraction of sp³-hybridized carbons (Fsp3) is 0.389. The number of nitrogens with zero attached hydrogens (tertiary/aromatic N) is 3. The number of hydrazone groups is 1. The first-order valence-electron chi connectivity index (χ1n) is 8.53. The zero-order valence-electron chi connectivity index (χ0n) is 15.3. The minimum atomic E-state index is -0.0456. The predicted octanol–water partition coefficient (Wildman–Crippen LogP) is 3.24. The predicted molar refractivity (Wildman–Crippen MR) is 104 cm³/mol. The maximum Gasteiger partial charge on any atom is 0.260 e. The molecule has 0 spiro atoms. The average Bonchev–Trinajstić information content (AvgIpc) is 3.16. The van der Waals surface area contributed by atoms with Crippen LogP contribution in [0.4, 0.5) is 5.13 Å². The van der Waals surface area contributed by atoms with Crippen LogP contribution in [0, 0.1) is 0 Å². The molecule has 140 valence electrons. The van der Waals surface area contributed by atoms with E-state index in [1.165, 1.54) is 11.3 Å². The van der Waals surface area contributed by atoms with Crippen molar-refractivity contribution in [2.75, 3.05) is 31.7 Å². The van der Waals surface area contributed by atoms with Crippen LogP contribution in [-0.4, -0.2) is 48.3 Å². The summed E-state index contributed by atoms with van der Waals surface area (Å²) in [7, 11) is 0. The lowest BCUT2D eigenvalue weighted by Crippen LogP contribution is -2.34. The van der Waals surface area contributed by atoms with Gasteiger partial charge in [-0.05, 0) is 44.5 Å². The molecule has 0 radical (unpaired) electrons. The number of carbonyl (C=O) groups is 1. The molecule has 7 nitrogen and oxygen atoms in total. The zero-order valence-corrected chi connectivity index (χ0v) is 16.1. The van der Waals surface area contributed by atoms with Gasteiger partial charge in [0, 0.05) is 24.7 Å². The first-order chi connectivity index (χ1) is 12.7. The Labute approximate surface area is 157 Å². The molecule has 0 atom stereocenters. The average molecular weight is 376 g/mol. The van der Waals surface area contributed by atoms with Crippen molar-refractivity contribution in [1.82, 2.24) is 9.88 Å². The Morgan fingerprint density at radius 1 is 1.27 bits per heavy atom. The third kappa shape index (κ3) is 5.73. The molecule has 1 N–H and O–H groups in total. The summed E-state index contributed by atoms with van der Waals surface area (Å²) in [5.74, 6) is 1.08. The SMILES string of the molecule is CCOc1cc(/C=N\Nc2nccs2)ccc1OCC(=O)N(CC)CC. The quantitative estimate of drug-likeness (QED) is 0.509. The highest BCUT2D eigenvalue weighted by atomic mass is 32.1. The number of nitrogens with one attached hydrogen (secondary N) is 1. The summed E-state index contributed by atoms with van der Waals surface area (Å²) in [4.78, 5) is 17.9. The molecule has 2 rings (SSSR count). The molecule has 0 fully saturated rings. The highest BCUT2D eigenvalue weighted by Crippen LogP contribution is 2.28.